The molecule has 0 N–H and O–H groups in total. The van der Waals surface area contributed by atoms with Crippen molar-refractivity contribution in [1.82, 2.24) is 9.88 Å². The fourth-order valence-electron chi connectivity index (χ4n) is 3.80. The fraction of sp³-hybridized carbons (Fsp3) is 0.440. The summed E-state index contributed by atoms with van der Waals surface area (Å²) in [5.41, 5.74) is 0.859. The first-order valence-electron chi connectivity index (χ1n) is 11.5. The van der Waals surface area contributed by atoms with E-state index in [4.69, 9.17) is 19.2 Å². The molecule has 0 atom stereocenters. The first-order valence-corrected chi connectivity index (χ1v) is 13.3. The summed E-state index contributed by atoms with van der Waals surface area (Å²) in [6, 6.07) is 13.8. The number of aromatic nitrogens is 1. The van der Waals surface area contributed by atoms with Crippen LogP contribution in [0.25, 0.3) is 10.2 Å². The molecule has 0 saturated carbocycles. The zero-order valence-electron chi connectivity index (χ0n) is 19.7. The topological polar surface area (TPSA) is 64.1 Å². The van der Waals surface area contributed by atoms with Crippen LogP contribution in [-0.4, -0.2) is 75.2 Å². The fourth-order valence-corrected chi connectivity index (χ4v) is 5.63. The molecule has 0 radical (unpaired) electrons. The van der Waals surface area contributed by atoms with Gasteiger partial charge in [-0.3, -0.25) is 14.6 Å². The Balaban J connectivity index is 1.41. The Morgan fingerprint density at radius 2 is 1.85 bits per heavy atom. The van der Waals surface area contributed by atoms with E-state index in [9.17, 15) is 4.79 Å². The van der Waals surface area contributed by atoms with Gasteiger partial charge in [-0.05, 0) is 42.8 Å². The highest BCUT2D eigenvalue weighted by Gasteiger charge is 2.20. The second-order valence-corrected chi connectivity index (χ2v) is 10.1. The van der Waals surface area contributed by atoms with E-state index in [2.05, 4.69) is 4.90 Å². The van der Waals surface area contributed by atoms with E-state index in [0.29, 0.717) is 18.7 Å². The molecule has 3 aromatic rings. The average molecular weight is 502 g/mol. The SMILES string of the molecule is COc1ccc(SCCC(=O)N(CCCN2CCOCC2)c2nc3cc(OC)ccc3s2)cc1. The summed E-state index contributed by atoms with van der Waals surface area (Å²) in [7, 11) is 3.31. The molecule has 4 rings (SSSR count). The minimum absolute atomic E-state index is 0.106. The van der Waals surface area contributed by atoms with E-state index >= 15 is 0 Å². The number of anilines is 1. The van der Waals surface area contributed by atoms with Gasteiger partial charge < -0.3 is 14.2 Å². The summed E-state index contributed by atoms with van der Waals surface area (Å²) < 4.78 is 17.1. The van der Waals surface area contributed by atoms with Gasteiger partial charge in [-0.25, -0.2) is 4.98 Å². The van der Waals surface area contributed by atoms with E-state index in [1.54, 1.807) is 37.3 Å². The van der Waals surface area contributed by atoms with Crippen molar-refractivity contribution in [1.29, 1.82) is 0 Å². The molecule has 0 bridgehead atoms. The summed E-state index contributed by atoms with van der Waals surface area (Å²) in [5.74, 6) is 2.42. The number of rotatable bonds is 11. The van der Waals surface area contributed by atoms with Crippen LogP contribution in [0.2, 0.25) is 0 Å². The first-order chi connectivity index (χ1) is 16.7. The number of benzene rings is 2. The molecule has 0 unspecified atom stereocenters. The molecule has 7 nitrogen and oxygen atoms in total. The van der Waals surface area contributed by atoms with Gasteiger partial charge in [-0.2, -0.15) is 0 Å². The molecular weight excluding hydrogens is 470 g/mol. The van der Waals surface area contributed by atoms with Crippen LogP contribution < -0.4 is 14.4 Å². The minimum atomic E-state index is 0.106. The van der Waals surface area contributed by atoms with Gasteiger partial charge in [0.2, 0.25) is 5.91 Å². The van der Waals surface area contributed by atoms with Gasteiger partial charge in [0.25, 0.3) is 0 Å². The molecule has 1 fully saturated rings. The molecule has 1 amide bonds. The van der Waals surface area contributed by atoms with Crippen LogP contribution in [-0.2, 0) is 9.53 Å². The van der Waals surface area contributed by atoms with Crippen LogP contribution in [0.4, 0.5) is 5.13 Å². The van der Waals surface area contributed by atoms with Gasteiger partial charge in [0.15, 0.2) is 5.13 Å². The predicted molar refractivity (Wildman–Crippen MR) is 139 cm³/mol. The van der Waals surface area contributed by atoms with Crippen LogP contribution in [0.1, 0.15) is 12.8 Å². The maximum atomic E-state index is 13.3. The molecule has 34 heavy (non-hydrogen) atoms. The lowest BCUT2D eigenvalue weighted by Gasteiger charge is -2.27. The highest BCUT2D eigenvalue weighted by Crippen LogP contribution is 2.32. The molecule has 0 aliphatic carbocycles. The number of methoxy groups -OCH3 is 2. The third-order valence-electron chi connectivity index (χ3n) is 5.72. The zero-order chi connectivity index (χ0) is 23.8. The number of hydrogen-bond donors (Lipinski definition) is 0. The molecule has 2 heterocycles. The number of carbonyl (C=O) groups excluding carboxylic acids is 1. The standard InChI is InChI=1S/C25H31N3O4S2/c1-30-19-4-7-21(8-5-19)33-17-10-24(29)28(12-3-11-27-13-15-32-16-14-27)25-26-22-18-20(31-2)6-9-23(22)34-25/h4-9,18H,3,10-17H2,1-2H3. The van der Waals surface area contributed by atoms with E-state index in [-0.39, 0.29) is 5.91 Å². The minimum Gasteiger partial charge on any atom is -0.497 e. The summed E-state index contributed by atoms with van der Waals surface area (Å²) in [5, 5.41) is 0.754. The van der Waals surface area contributed by atoms with Gasteiger partial charge >= 0.3 is 0 Å². The van der Waals surface area contributed by atoms with Gasteiger partial charge in [0, 0.05) is 49.3 Å². The van der Waals surface area contributed by atoms with Crippen molar-refractivity contribution in [2.24, 2.45) is 0 Å². The van der Waals surface area contributed by atoms with Gasteiger partial charge in [-0.15, -0.1) is 11.8 Å². The molecule has 0 spiro atoms. The number of hydrogen-bond acceptors (Lipinski definition) is 8. The lowest BCUT2D eigenvalue weighted by Crippen LogP contribution is -2.39. The number of thiazole rings is 1. The van der Waals surface area contributed by atoms with E-state index in [1.807, 2.05) is 47.4 Å². The molecule has 1 aromatic heterocycles. The van der Waals surface area contributed by atoms with Gasteiger partial charge in [-0.1, -0.05) is 11.3 Å². The largest absolute Gasteiger partial charge is 0.497 e. The maximum Gasteiger partial charge on any atom is 0.229 e. The Kier molecular flexibility index (Phi) is 9.04. The molecule has 182 valence electrons. The summed E-state index contributed by atoms with van der Waals surface area (Å²) in [6.07, 6.45) is 1.35. The third kappa shape index (κ3) is 6.63. The number of thioether (sulfide) groups is 1. The zero-order valence-corrected chi connectivity index (χ0v) is 21.3. The van der Waals surface area contributed by atoms with Crippen LogP contribution >= 0.6 is 23.1 Å². The Morgan fingerprint density at radius 3 is 2.59 bits per heavy atom. The predicted octanol–water partition coefficient (Wildman–Crippen LogP) is 4.55. The van der Waals surface area contributed by atoms with Crippen molar-refractivity contribution in [3.8, 4) is 11.5 Å². The third-order valence-corrected chi connectivity index (χ3v) is 7.79. The summed E-state index contributed by atoms with van der Waals surface area (Å²) in [4.78, 5) is 23.5. The van der Waals surface area contributed by atoms with Crippen molar-refractivity contribution in [3.05, 3.63) is 42.5 Å². The Hall–Kier alpha value is -2.33. The van der Waals surface area contributed by atoms with Crippen molar-refractivity contribution in [2.75, 3.05) is 64.3 Å². The number of morpholine rings is 1. The number of nitrogens with zero attached hydrogens (tertiary/aromatic N) is 3. The normalized spacial score (nSPS) is 14.3. The number of fused-ring (bicyclic) bond motifs is 1. The smallest absolute Gasteiger partial charge is 0.229 e. The van der Waals surface area contributed by atoms with Crippen LogP contribution in [0.5, 0.6) is 11.5 Å². The van der Waals surface area contributed by atoms with Crippen LogP contribution in [0.3, 0.4) is 0 Å². The number of carbonyl (C=O) groups is 1. The maximum absolute atomic E-state index is 13.3. The van der Waals surface area contributed by atoms with Crippen LogP contribution in [0.15, 0.2) is 47.4 Å². The lowest BCUT2D eigenvalue weighted by atomic mass is 10.3. The van der Waals surface area contributed by atoms with E-state index in [0.717, 1.165) is 71.0 Å². The summed E-state index contributed by atoms with van der Waals surface area (Å²) >= 11 is 3.24. The van der Waals surface area contributed by atoms with Crippen molar-refractivity contribution in [2.45, 2.75) is 17.7 Å². The molecule has 9 heteroatoms. The highest BCUT2D eigenvalue weighted by atomic mass is 32.2. The second kappa shape index (κ2) is 12.4. The number of ether oxygens (including phenoxy) is 3. The Morgan fingerprint density at radius 1 is 1.12 bits per heavy atom. The van der Waals surface area contributed by atoms with Crippen molar-refractivity contribution >= 4 is 44.4 Å². The van der Waals surface area contributed by atoms with Gasteiger partial charge in [0.05, 0.1) is 37.6 Å². The quantitative estimate of drug-likeness (QED) is 0.357. The van der Waals surface area contributed by atoms with Gasteiger partial charge in [0.1, 0.15) is 11.5 Å². The van der Waals surface area contributed by atoms with E-state index < -0.39 is 0 Å². The summed E-state index contributed by atoms with van der Waals surface area (Å²) in [6.45, 7) is 5.07. The molecule has 2 aromatic carbocycles. The number of amides is 1. The van der Waals surface area contributed by atoms with Crippen molar-refractivity contribution < 1.29 is 19.0 Å². The molecule has 1 aliphatic heterocycles. The Labute approximate surface area is 209 Å². The highest BCUT2D eigenvalue weighted by molar-refractivity contribution is 7.99. The molecule has 1 saturated heterocycles. The lowest BCUT2D eigenvalue weighted by molar-refractivity contribution is -0.118. The first kappa shape index (κ1) is 24.8. The molecular formula is C25H31N3O4S2. The van der Waals surface area contributed by atoms with Crippen LogP contribution in [0, 0.1) is 0 Å². The molecule has 1 aliphatic rings. The second-order valence-electron chi connectivity index (χ2n) is 7.96. The monoisotopic (exact) mass is 501 g/mol. The Bertz CT molecular complexity index is 1070. The van der Waals surface area contributed by atoms with Crippen molar-refractivity contribution in [3.63, 3.8) is 0 Å². The average Bonchev–Trinajstić information content (AvgIpc) is 3.30. The van der Waals surface area contributed by atoms with E-state index in [1.165, 1.54) is 0 Å².